The molecule has 0 saturated carbocycles. The maximum atomic E-state index is 12.6. The van der Waals surface area contributed by atoms with Gasteiger partial charge in [-0.25, -0.2) is 9.78 Å². The Morgan fingerprint density at radius 1 is 1.07 bits per heavy atom. The predicted molar refractivity (Wildman–Crippen MR) is 115 cm³/mol. The van der Waals surface area contributed by atoms with Crippen molar-refractivity contribution in [1.29, 1.82) is 0 Å². The van der Waals surface area contributed by atoms with Gasteiger partial charge in [0.2, 0.25) is 0 Å². The van der Waals surface area contributed by atoms with Crippen LogP contribution in [0.5, 0.6) is 0 Å². The minimum Gasteiger partial charge on any atom is -0.322 e. The van der Waals surface area contributed by atoms with Crippen LogP contribution in [0.4, 0.5) is 5.69 Å². The molecule has 2 N–H and O–H groups in total. The van der Waals surface area contributed by atoms with E-state index in [0.29, 0.717) is 11.3 Å². The van der Waals surface area contributed by atoms with E-state index in [2.05, 4.69) is 27.4 Å². The SMILES string of the molecule is O=C(Nc1ccc(-n2cc[nH]c2=O)cc1)c1ccnc(SCc2ccccc2)c1. The van der Waals surface area contributed by atoms with Crippen molar-refractivity contribution in [2.24, 2.45) is 0 Å². The van der Waals surface area contributed by atoms with E-state index in [4.69, 9.17) is 0 Å². The Labute approximate surface area is 171 Å². The van der Waals surface area contributed by atoms with Crippen molar-refractivity contribution in [2.45, 2.75) is 10.8 Å². The second-order valence-corrected chi connectivity index (χ2v) is 7.29. The van der Waals surface area contributed by atoms with E-state index in [9.17, 15) is 9.59 Å². The van der Waals surface area contributed by atoms with E-state index in [1.807, 2.05) is 18.2 Å². The van der Waals surface area contributed by atoms with Crippen LogP contribution in [0.25, 0.3) is 5.69 Å². The number of aromatic nitrogens is 3. The number of imidazole rings is 1. The Bertz CT molecular complexity index is 1170. The molecule has 6 nitrogen and oxygen atoms in total. The molecule has 0 radical (unpaired) electrons. The number of nitrogens with zero attached hydrogens (tertiary/aromatic N) is 2. The lowest BCUT2D eigenvalue weighted by atomic mass is 10.2. The van der Waals surface area contributed by atoms with Gasteiger partial charge in [-0.1, -0.05) is 30.3 Å². The molecule has 7 heteroatoms. The summed E-state index contributed by atoms with van der Waals surface area (Å²) in [6, 6.07) is 20.7. The lowest BCUT2D eigenvalue weighted by Crippen LogP contribution is -2.14. The molecule has 0 atom stereocenters. The van der Waals surface area contributed by atoms with Gasteiger partial charge in [0, 0.05) is 35.6 Å². The molecule has 29 heavy (non-hydrogen) atoms. The summed E-state index contributed by atoms with van der Waals surface area (Å²) in [6.07, 6.45) is 4.88. The van der Waals surface area contributed by atoms with Crippen molar-refractivity contribution < 1.29 is 4.79 Å². The largest absolute Gasteiger partial charge is 0.330 e. The zero-order chi connectivity index (χ0) is 20.1. The third kappa shape index (κ3) is 4.64. The van der Waals surface area contributed by atoms with Gasteiger partial charge in [0.05, 0.1) is 10.7 Å². The number of pyridine rings is 1. The first-order valence-electron chi connectivity index (χ1n) is 9.00. The molecule has 4 aromatic rings. The van der Waals surface area contributed by atoms with Crippen molar-refractivity contribution in [2.75, 3.05) is 5.32 Å². The Kier molecular flexibility index (Phi) is 5.58. The first kappa shape index (κ1) is 18.8. The van der Waals surface area contributed by atoms with Crippen LogP contribution in [-0.4, -0.2) is 20.4 Å². The summed E-state index contributed by atoms with van der Waals surface area (Å²) in [7, 11) is 0. The van der Waals surface area contributed by atoms with Crippen LogP contribution in [-0.2, 0) is 5.75 Å². The monoisotopic (exact) mass is 402 g/mol. The van der Waals surface area contributed by atoms with Crippen LogP contribution in [0.2, 0.25) is 0 Å². The van der Waals surface area contributed by atoms with Crippen LogP contribution < -0.4 is 11.0 Å². The second kappa shape index (κ2) is 8.62. The van der Waals surface area contributed by atoms with Crippen molar-refractivity contribution >= 4 is 23.4 Å². The van der Waals surface area contributed by atoms with Gasteiger partial charge >= 0.3 is 5.69 Å². The van der Waals surface area contributed by atoms with Crippen molar-refractivity contribution in [3.8, 4) is 5.69 Å². The van der Waals surface area contributed by atoms with Gasteiger partial charge in [-0.15, -0.1) is 11.8 Å². The average molecular weight is 402 g/mol. The molecule has 0 bridgehead atoms. The van der Waals surface area contributed by atoms with Crippen molar-refractivity contribution in [3.63, 3.8) is 0 Å². The summed E-state index contributed by atoms with van der Waals surface area (Å²) in [5, 5.41) is 3.67. The van der Waals surface area contributed by atoms with Gasteiger partial charge in [0.1, 0.15) is 0 Å². The zero-order valence-corrected chi connectivity index (χ0v) is 16.2. The molecule has 4 rings (SSSR count). The molecular formula is C22H18N4O2S. The number of hydrogen-bond acceptors (Lipinski definition) is 4. The van der Waals surface area contributed by atoms with E-state index in [1.165, 1.54) is 10.1 Å². The number of carbonyl (C=O) groups is 1. The van der Waals surface area contributed by atoms with Crippen LogP contribution >= 0.6 is 11.8 Å². The summed E-state index contributed by atoms with van der Waals surface area (Å²) < 4.78 is 1.49. The summed E-state index contributed by atoms with van der Waals surface area (Å²) in [5.74, 6) is 0.583. The van der Waals surface area contributed by atoms with E-state index in [-0.39, 0.29) is 11.6 Å². The number of aromatic amines is 1. The molecule has 2 aromatic heterocycles. The number of nitrogens with one attached hydrogen (secondary N) is 2. The number of thioether (sulfide) groups is 1. The maximum absolute atomic E-state index is 12.6. The quantitative estimate of drug-likeness (QED) is 0.476. The summed E-state index contributed by atoms with van der Waals surface area (Å²) in [4.78, 5) is 31.2. The van der Waals surface area contributed by atoms with Crippen LogP contribution in [0.15, 0.2) is 95.1 Å². The number of benzene rings is 2. The van der Waals surface area contributed by atoms with Crippen LogP contribution in [0.1, 0.15) is 15.9 Å². The minimum absolute atomic E-state index is 0.208. The molecule has 0 fully saturated rings. The normalized spacial score (nSPS) is 10.6. The molecule has 144 valence electrons. The van der Waals surface area contributed by atoms with E-state index >= 15 is 0 Å². The Morgan fingerprint density at radius 3 is 2.59 bits per heavy atom. The molecule has 0 unspecified atom stereocenters. The Balaban J connectivity index is 1.42. The molecule has 2 heterocycles. The number of anilines is 1. The third-order valence-corrected chi connectivity index (χ3v) is 5.28. The first-order chi connectivity index (χ1) is 14.2. The lowest BCUT2D eigenvalue weighted by molar-refractivity contribution is 0.102. The van der Waals surface area contributed by atoms with Crippen LogP contribution in [0.3, 0.4) is 0 Å². The van der Waals surface area contributed by atoms with Gasteiger partial charge in [0.15, 0.2) is 0 Å². The van der Waals surface area contributed by atoms with Crippen molar-refractivity contribution in [3.05, 3.63) is 107 Å². The van der Waals surface area contributed by atoms with E-state index in [1.54, 1.807) is 66.8 Å². The summed E-state index contributed by atoms with van der Waals surface area (Å²) >= 11 is 1.59. The highest BCUT2D eigenvalue weighted by Crippen LogP contribution is 2.22. The lowest BCUT2D eigenvalue weighted by Gasteiger charge is -2.08. The van der Waals surface area contributed by atoms with Crippen LogP contribution in [0, 0.1) is 0 Å². The summed E-state index contributed by atoms with van der Waals surface area (Å²) in [6.45, 7) is 0. The molecule has 2 aromatic carbocycles. The van der Waals surface area contributed by atoms with Crippen molar-refractivity contribution in [1.82, 2.24) is 14.5 Å². The van der Waals surface area contributed by atoms with Gasteiger partial charge in [-0.05, 0) is 42.0 Å². The molecule has 0 aliphatic carbocycles. The average Bonchev–Trinajstić information content (AvgIpc) is 3.19. The van der Waals surface area contributed by atoms with Gasteiger partial charge < -0.3 is 10.3 Å². The molecule has 0 aliphatic heterocycles. The maximum Gasteiger partial charge on any atom is 0.330 e. The minimum atomic E-state index is -0.209. The molecule has 1 amide bonds. The highest BCUT2D eigenvalue weighted by atomic mass is 32.2. The number of hydrogen-bond donors (Lipinski definition) is 2. The molecule has 0 saturated heterocycles. The standard InChI is InChI=1S/C22H18N4O2S/c27-21(25-18-6-8-19(9-7-18)26-13-12-24-22(26)28)17-10-11-23-20(14-17)29-15-16-4-2-1-3-5-16/h1-14H,15H2,(H,24,28)(H,25,27). The van der Waals surface area contributed by atoms with E-state index < -0.39 is 0 Å². The fourth-order valence-corrected chi connectivity index (χ4v) is 3.65. The molecule has 0 aliphatic rings. The number of amides is 1. The highest BCUT2D eigenvalue weighted by Gasteiger charge is 2.09. The second-order valence-electron chi connectivity index (χ2n) is 6.29. The number of carbonyl (C=O) groups excluding carboxylic acids is 1. The molecule has 0 spiro atoms. The smallest absolute Gasteiger partial charge is 0.322 e. The zero-order valence-electron chi connectivity index (χ0n) is 15.4. The predicted octanol–water partition coefficient (Wildman–Crippen LogP) is 4.11. The Morgan fingerprint density at radius 2 is 1.86 bits per heavy atom. The van der Waals surface area contributed by atoms with Gasteiger partial charge in [-0.2, -0.15) is 0 Å². The fourth-order valence-electron chi connectivity index (χ4n) is 2.79. The Hall–Kier alpha value is -3.58. The number of rotatable bonds is 6. The fraction of sp³-hybridized carbons (Fsp3) is 0.0455. The molecular weight excluding hydrogens is 384 g/mol. The topological polar surface area (TPSA) is 79.8 Å². The summed E-state index contributed by atoms with van der Waals surface area (Å²) in [5.41, 5.74) is 2.91. The van der Waals surface area contributed by atoms with Gasteiger partial charge in [0.25, 0.3) is 5.91 Å². The number of H-pyrrole nitrogens is 1. The first-order valence-corrected chi connectivity index (χ1v) is 9.98. The third-order valence-electron chi connectivity index (χ3n) is 4.28. The van der Waals surface area contributed by atoms with Gasteiger partial charge in [-0.3, -0.25) is 9.36 Å². The van der Waals surface area contributed by atoms with E-state index in [0.717, 1.165) is 16.5 Å². The highest BCUT2D eigenvalue weighted by molar-refractivity contribution is 7.98.